The quantitative estimate of drug-likeness (QED) is 0.445. The summed E-state index contributed by atoms with van der Waals surface area (Å²) < 4.78 is 14.8. The summed E-state index contributed by atoms with van der Waals surface area (Å²) in [5.41, 5.74) is 7.69. The van der Waals surface area contributed by atoms with E-state index in [-0.39, 0.29) is 16.5 Å². The van der Waals surface area contributed by atoms with Crippen molar-refractivity contribution in [3.63, 3.8) is 0 Å². The first-order valence-electron chi connectivity index (χ1n) is 6.17. The van der Waals surface area contributed by atoms with Crippen LogP contribution in [0.2, 0.25) is 10.0 Å². The van der Waals surface area contributed by atoms with Crippen LogP contribution in [0.5, 0.6) is 0 Å². The summed E-state index contributed by atoms with van der Waals surface area (Å²) in [6.07, 6.45) is 3.09. The van der Waals surface area contributed by atoms with Gasteiger partial charge >= 0.3 is 0 Å². The fraction of sp³-hybridized carbons (Fsp3) is 0. The molecule has 22 heavy (non-hydrogen) atoms. The molecule has 0 fully saturated rings. The Morgan fingerprint density at radius 3 is 2.86 bits per heavy atom. The highest BCUT2D eigenvalue weighted by molar-refractivity contribution is 6.38. The number of aliphatic imine (C=N–C) groups is 1. The maximum Gasteiger partial charge on any atom is 0.134 e. The zero-order valence-electron chi connectivity index (χ0n) is 11.1. The molecule has 0 atom stereocenters. The maximum atomic E-state index is 13.3. The molecule has 0 saturated carbocycles. The molecule has 0 saturated heterocycles. The van der Waals surface area contributed by atoms with Crippen LogP contribution in [0, 0.1) is 5.82 Å². The van der Waals surface area contributed by atoms with Crippen molar-refractivity contribution in [1.29, 1.82) is 0 Å². The van der Waals surface area contributed by atoms with Crippen molar-refractivity contribution >= 4 is 53.6 Å². The smallest absolute Gasteiger partial charge is 0.134 e. The summed E-state index contributed by atoms with van der Waals surface area (Å²) in [4.78, 5) is 4.12. The van der Waals surface area contributed by atoms with Crippen LogP contribution in [0.25, 0.3) is 5.52 Å². The minimum Gasteiger partial charge on any atom is -0.383 e. The van der Waals surface area contributed by atoms with E-state index in [1.807, 2.05) is 0 Å². The van der Waals surface area contributed by atoms with Gasteiger partial charge in [-0.15, -0.1) is 0 Å². The Balaban J connectivity index is 2.11. The minimum atomic E-state index is -0.463. The van der Waals surface area contributed by atoms with Crippen LogP contribution >= 0.6 is 23.2 Å². The molecule has 3 aromatic rings. The number of halogens is 3. The van der Waals surface area contributed by atoms with E-state index in [1.54, 1.807) is 12.3 Å². The predicted octanol–water partition coefficient (Wildman–Crippen LogP) is 2.61. The van der Waals surface area contributed by atoms with E-state index < -0.39 is 5.82 Å². The van der Waals surface area contributed by atoms with E-state index in [1.165, 1.54) is 28.9 Å². The molecule has 0 aliphatic carbocycles. The van der Waals surface area contributed by atoms with Crippen molar-refractivity contribution in [2.75, 3.05) is 0 Å². The Hall–Kier alpha value is -2.05. The standard InChI is InChI=1S/C14H8BCl2FN4/c15-7-3-12-13(17)9(5-20-22(12)6-7)14(19)21-11-4-8(18)1-2-10(11)16/h1-6H,(H2,19,21). The van der Waals surface area contributed by atoms with Crippen LogP contribution < -0.4 is 11.2 Å². The SMILES string of the molecule is [B]c1cc2c(Cl)c(C(N)=Nc3cc(F)ccc3Cl)cnn2c1. The van der Waals surface area contributed by atoms with Crippen molar-refractivity contribution in [2.45, 2.75) is 0 Å². The fourth-order valence-electron chi connectivity index (χ4n) is 1.99. The van der Waals surface area contributed by atoms with E-state index in [0.717, 1.165) is 0 Å². The third kappa shape index (κ3) is 2.67. The lowest BCUT2D eigenvalue weighted by atomic mass is 10.0. The normalized spacial score (nSPS) is 12.0. The molecular formula is C14H8BCl2FN4. The summed E-state index contributed by atoms with van der Waals surface area (Å²) in [6.45, 7) is 0. The monoisotopic (exact) mass is 332 g/mol. The number of rotatable bonds is 2. The van der Waals surface area contributed by atoms with Crippen molar-refractivity contribution in [1.82, 2.24) is 9.61 Å². The third-order valence-corrected chi connectivity index (χ3v) is 3.74. The third-order valence-electron chi connectivity index (χ3n) is 3.02. The number of nitrogens with zero attached hydrogens (tertiary/aromatic N) is 3. The highest BCUT2D eigenvalue weighted by atomic mass is 35.5. The average molecular weight is 333 g/mol. The number of amidine groups is 1. The molecule has 0 aliphatic heterocycles. The van der Waals surface area contributed by atoms with Gasteiger partial charge in [0.05, 0.1) is 33.0 Å². The highest BCUT2D eigenvalue weighted by Gasteiger charge is 2.12. The fourth-order valence-corrected chi connectivity index (χ4v) is 2.43. The minimum absolute atomic E-state index is 0.0762. The molecule has 1 aromatic carbocycles. The van der Waals surface area contributed by atoms with Crippen LogP contribution in [0.4, 0.5) is 10.1 Å². The summed E-state index contributed by atoms with van der Waals surface area (Å²) in [5, 5.41) is 4.78. The molecule has 0 amide bonds. The van der Waals surface area contributed by atoms with Gasteiger partial charge < -0.3 is 5.73 Å². The number of nitrogens with two attached hydrogens (primary N) is 1. The first-order chi connectivity index (χ1) is 10.5. The molecular weight excluding hydrogens is 325 g/mol. The molecule has 4 nitrogen and oxygen atoms in total. The molecule has 0 bridgehead atoms. The lowest BCUT2D eigenvalue weighted by Crippen LogP contribution is -2.14. The molecule has 0 spiro atoms. The molecule has 0 aliphatic rings. The summed E-state index contributed by atoms with van der Waals surface area (Å²) in [5.74, 6) is -0.387. The van der Waals surface area contributed by atoms with Crippen molar-refractivity contribution < 1.29 is 4.39 Å². The van der Waals surface area contributed by atoms with Crippen molar-refractivity contribution in [2.24, 2.45) is 10.7 Å². The second-order valence-electron chi connectivity index (χ2n) is 4.57. The Labute approximate surface area is 136 Å². The number of benzene rings is 1. The van der Waals surface area contributed by atoms with Gasteiger partial charge in [0.2, 0.25) is 0 Å². The van der Waals surface area contributed by atoms with Crippen LogP contribution in [0.15, 0.2) is 41.7 Å². The molecule has 0 unspecified atom stereocenters. The predicted molar refractivity (Wildman–Crippen MR) is 87.4 cm³/mol. The van der Waals surface area contributed by atoms with Gasteiger partial charge in [-0.25, -0.2) is 13.9 Å². The van der Waals surface area contributed by atoms with Gasteiger partial charge in [0.1, 0.15) is 19.5 Å². The zero-order chi connectivity index (χ0) is 15.9. The van der Waals surface area contributed by atoms with E-state index in [2.05, 4.69) is 10.1 Å². The molecule has 3 rings (SSSR count). The molecule has 2 radical (unpaired) electrons. The number of hydrogen-bond acceptors (Lipinski definition) is 2. The second-order valence-corrected chi connectivity index (χ2v) is 5.35. The van der Waals surface area contributed by atoms with Crippen molar-refractivity contribution in [3.8, 4) is 0 Å². The first kappa shape index (κ1) is 14.9. The molecule has 108 valence electrons. The lowest BCUT2D eigenvalue weighted by molar-refractivity contribution is 0.628. The van der Waals surface area contributed by atoms with E-state index in [4.69, 9.17) is 36.8 Å². The Morgan fingerprint density at radius 1 is 1.32 bits per heavy atom. The first-order valence-corrected chi connectivity index (χ1v) is 6.93. The van der Waals surface area contributed by atoms with Gasteiger partial charge in [-0.1, -0.05) is 28.7 Å². The zero-order valence-corrected chi connectivity index (χ0v) is 12.6. The maximum absolute atomic E-state index is 13.3. The van der Waals surface area contributed by atoms with E-state index >= 15 is 0 Å². The highest BCUT2D eigenvalue weighted by Crippen LogP contribution is 2.27. The van der Waals surface area contributed by atoms with Gasteiger partial charge in [-0.3, -0.25) is 0 Å². The van der Waals surface area contributed by atoms with Crippen molar-refractivity contribution in [3.05, 3.63) is 58.1 Å². The van der Waals surface area contributed by atoms with Gasteiger partial charge in [0, 0.05) is 12.3 Å². The van der Waals surface area contributed by atoms with Crippen LogP contribution in [-0.2, 0) is 0 Å². The Morgan fingerprint density at radius 2 is 2.09 bits per heavy atom. The van der Waals surface area contributed by atoms with Crippen LogP contribution in [-0.4, -0.2) is 23.3 Å². The largest absolute Gasteiger partial charge is 0.383 e. The van der Waals surface area contributed by atoms with Gasteiger partial charge in [0.25, 0.3) is 0 Å². The van der Waals surface area contributed by atoms with E-state index in [9.17, 15) is 4.39 Å². The summed E-state index contributed by atoms with van der Waals surface area (Å²) in [6, 6.07) is 5.49. The number of aromatic nitrogens is 2. The molecule has 2 aromatic heterocycles. The van der Waals surface area contributed by atoms with Gasteiger partial charge in [-0.2, -0.15) is 5.10 Å². The Kier molecular flexibility index (Phi) is 3.80. The average Bonchev–Trinajstić information content (AvgIpc) is 2.84. The number of hydrogen-bond donors (Lipinski definition) is 1. The lowest BCUT2D eigenvalue weighted by Gasteiger charge is -2.06. The van der Waals surface area contributed by atoms with Gasteiger partial charge in [-0.05, 0) is 18.2 Å². The number of fused-ring (bicyclic) bond motifs is 1. The summed E-state index contributed by atoms with van der Waals surface area (Å²) >= 11 is 12.3. The second kappa shape index (κ2) is 5.63. The van der Waals surface area contributed by atoms with E-state index in [0.29, 0.717) is 21.6 Å². The molecule has 2 N–H and O–H groups in total. The Bertz CT molecular complexity index is 907. The van der Waals surface area contributed by atoms with Crippen LogP contribution in [0.3, 0.4) is 0 Å². The molecule has 2 heterocycles. The summed E-state index contributed by atoms with van der Waals surface area (Å²) in [7, 11) is 5.71. The van der Waals surface area contributed by atoms with Crippen LogP contribution in [0.1, 0.15) is 5.56 Å². The topological polar surface area (TPSA) is 55.7 Å². The molecule has 8 heteroatoms. The van der Waals surface area contributed by atoms with Gasteiger partial charge in [0.15, 0.2) is 0 Å².